The van der Waals surface area contributed by atoms with Gasteiger partial charge in [0.15, 0.2) is 12.2 Å². The van der Waals surface area contributed by atoms with Crippen LogP contribution in [-0.4, -0.2) is 96.7 Å². The van der Waals surface area contributed by atoms with E-state index in [4.69, 9.17) is 37.0 Å². The number of rotatable bonds is 75. The van der Waals surface area contributed by atoms with Crippen LogP contribution >= 0.6 is 15.6 Å². The minimum atomic E-state index is -4.96. The monoisotopic (exact) mass is 1410 g/mol. The number of unbranched alkanes of at least 4 members (excludes halogenated alkanes) is 41. The van der Waals surface area contributed by atoms with Gasteiger partial charge in [-0.3, -0.25) is 37.3 Å². The number of hydrogen-bond donors (Lipinski definition) is 3. The lowest BCUT2D eigenvalue weighted by atomic mass is 9.99. The van der Waals surface area contributed by atoms with Gasteiger partial charge in [0.25, 0.3) is 0 Å². The molecule has 0 bridgehead atoms. The Bertz CT molecular complexity index is 1870. The Labute approximate surface area is 588 Å². The highest BCUT2D eigenvalue weighted by Crippen LogP contribution is 2.45. The molecule has 3 N–H and O–H groups in total. The van der Waals surface area contributed by atoms with Crippen molar-refractivity contribution in [2.24, 2.45) is 17.8 Å². The van der Waals surface area contributed by atoms with Gasteiger partial charge in [-0.05, 0) is 43.4 Å². The van der Waals surface area contributed by atoms with Crippen LogP contribution in [0.25, 0.3) is 0 Å². The van der Waals surface area contributed by atoms with Gasteiger partial charge in [-0.1, -0.05) is 344 Å². The Morgan fingerprint density at radius 3 is 0.792 bits per heavy atom. The molecule has 19 heteroatoms. The van der Waals surface area contributed by atoms with Crippen LogP contribution in [0.15, 0.2) is 0 Å². The highest BCUT2D eigenvalue weighted by Gasteiger charge is 2.30. The van der Waals surface area contributed by atoms with E-state index in [0.29, 0.717) is 31.6 Å². The first-order valence-electron chi connectivity index (χ1n) is 39.9. The van der Waals surface area contributed by atoms with Gasteiger partial charge in [0.05, 0.1) is 26.4 Å². The molecule has 0 aliphatic heterocycles. The number of phosphoric acid groups is 2. The summed E-state index contributed by atoms with van der Waals surface area (Å²) in [7, 11) is -9.91. The fourth-order valence-electron chi connectivity index (χ4n) is 11.7. The zero-order chi connectivity index (χ0) is 70.9. The summed E-state index contributed by atoms with van der Waals surface area (Å²) in [5, 5.41) is 10.6. The summed E-state index contributed by atoms with van der Waals surface area (Å²) in [6.07, 6.45) is 54.0. The second-order valence-electron chi connectivity index (χ2n) is 28.7. The molecule has 0 aromatic rings. The molecule has 17 nitrogen and oxygen atoms in total. The average Bonchev–Trinajstić information content (AvgIpc) is 1.74. The van der Waals surface area contributed by atoms with E-state index in [9.17, 15) is 43.2 Å². The molecule has 7 atom stereocenters. The molecule has 0 spiro atoms. The molecule has 0 aliphatic carbocycles. The van der Waals surface area contributed by atoms with E-state index in [2.05, 4.69) is 48.5 Å². The fourth-order valence-corrected chi connectivity index (χ4v) is 13.3. The van der Waals surface area contributed by atoms with Gasteiger partial charge in [-0.25, -0.2) is 9.13 Å². The maximum absolute atomic E-state index is 13.1. The second kappa shape index (κ2) is 67.5. The Hall–Kier alpha value is -1.94. The van der Waals surface area contributed by atoms with E-state index in [0.717, 1.165) is 108 Å². The van der Waals surface area contributed by atoms with E-state index in [1.807, 2.05) is 0 Å². The third kappa shape index (κ3) is 67.9. The van der Waals surface area contributed by atoms with Crippen LogP contribution in [-0.2, 0) is 65.4 Å². The highest BCUT2D eigenvalue weighted by molar-refractivity contribution is 7.47. The van der Waals surface area contributed by atoms with Gasteiger partial charge in [0.2, 0.25) is 0 Å². The van der Waals surface area contributed by atoms with Crippen molar-refractivity contribution < 1.29 is 80.2 Å². The van der Waals surface area contributed by atoms with E-state index < -0.39 is 97.5 Å². The normalized spacial score (nSPS) is 14.6. The van der Waals surface area contributed by atoms with Crippen LogP contribution in [0.1, 0.15) is 395 Å². The van der Waals surface area contributed by atoms with Crippen molar-refractivity contribution in [1.82, 2.24) is 0 Å². The van der Waals surface area contributed by atoms with Crippen molar-refractivity contribution in [3.05, 3.63) is 0 Å². The van der Waals surface area contributed by atoms with Gasteiger partial charge < -0.3 is 33.8 Å². The topological polar surface area (TPSA) is 237 Å². The highest BCUT2D eigenvalue weighted by atomic mass is 31.2. The third-order valence-electron chi connectivity index (χ3n) is 18.6. The zero-order valence-electron chi connectivity index (χ0n) is 62.8. The average molecular weight is 1410 g/mol. The van der Waals surface area contributed by atoms with Crippen molar-refractivity contribution >= 4 is 39.5 Å². The molecule has 0 aromatic carbocycles. The van der Waals surface area contributed by atoms with Crippen LogP contribution < -0.4 is 0 Å². The van der Waals surface area contributed by atoms with Crippen LogP contribution in [0.2, 0.25) is 0 Å². The minimum Gasteiger partial charge on any atom is -0.462 e. The predicted octanol–water partition coefficient (Wildman–Crippen LogP) is 22.6. The van der Waals surface area contributed by atoms with Gasteiger partial charge in [-0.15, -0.1) is 0 Å². The first-order valence-corrected chi connectivity index (χ1v) is 42.9. The lowest BCUT2D eigenvalue weighted by molar-refractivity contribution is -0.161. The summed E-state index contributed by atoms with van der Waals surface area (Å²) in [6.45, 7) is 11.9. The molecule has 0 rings (SSSR count). The molecule has 0 radical (unpaired) electrons. The van der Waals surface area contributed by atoms with Crippen molar-refractivity contribution in [3.63, 3.8) is 0 Å². The first-order chi connectivity index (χ1) is 46.3. The van der Waals surface area contributed by atoms with Crippen LogP contribution in [0.4, 0.5) is 0 Å². The number of phosphoric ester groups is 2. The maximum Gasteiger partial charge on any atom is 0.472 e. The lowest BCUT2D eigenvalue weighted by Crippen LogP contribution is -2.30. The van der Waals surface area contributed by atoms with Crippen molar-refractivity contribution in [3.8, 4) is 0 Å². The molecular weight excluding hydrogens is 1260 g/mol. The summed E-state index contributed by atoms with van der Waals surface area (Å²) in [5.41, 5.74) is 0. The zero-order valence-corrected chi connectivity index (χ0v) is 64.6. The van der Waals surface area contributed by atoms with Gasteiger partial charge in [-0.2, -0.15) is 0 Å². The number of hydrogen-bond acceptors (Lipinski definition) is 15. The van der Waals surface area contributed by atoms with Crippen molar-refractivity contribution in [2.45, 2.75) is 414 Å². The molecule has 4 unspecified atom stereocenters. The van der Waals surface area contributed by atoms with Crippen molar-refractivity contribution in [1.29, 1.82) is 0 Å². The van der Waals surface area contributed by atoms with E-state index in [1.165, 1.54) is 199 Å². The summed E-state index contributed by atoms with van der Waals surface area (Å²) < 4.78 is 68.6. The molecule has 0 amide bonds. The van der Waals surface area contributed by atoms with Crippen LogP contribution in [0.5, 0.6) is 0 Å². The third-order valence-corrected chi connectivity index (χ3v) is 20.5. The smallest absolute Gasteiger partial charge is 0.462 e. The quantitative estimate of drug-likeness (QED) is 0.0222. The SMILES string of the molecule is CCCCCCCCCCCCCCCCC(=O)O[C@H](COC(=O)CCCCCCCCCC(C)C)COP(=O)(O)OC[C@H](O)COP(=O)(O)OC[C@@H](COC(=O)CCCCCCCCCCCCC(C)CC)OC(=O)CCCCCCCCCCCCCCCCC(C)CC. The Balaban J connectivity index is 5.25. The Morgan fingerprint density at radius 2 is 0.531 bits per heavy atom. The first kappa shape index (κ1) is 94.1. The second-order valence-corrected chi connectivity index (χ2v) is 31.6. The number of carbonyl (C=O) groups is 4. The number of carbonyl (C=O) groups excluding carboxylic acids is 4. The van der Waals surface area contributed by atoms with E-state index in [-0.39, 0.29) is 25.7 Å². The fraction of sp³-hybridized carbons (Fsp3) is 0.948. The van der Waals surface area contributed by atoms with Crippen molar-refractivity contribution in [2.75, 3.05) is 39.6 Å². The largest absolute Gasteiger partial charge is 0.472 e. The minimum absolute atomic E-state index is 0.107. The molecule has 0 aliphatic rings. The summed E-state index contributed by atoms with van der Waals surface area (Å²) in [5.74, 6) is 0.245. The van der Waals surface area contributed by atoms with Gasteiger partial charge >= 0.3 is 39.5 Å². The summed E-state index contributed by atoms with van der Waals surface area (Å²) in [6, 6.07) is 0. The predicted molar refractivity (Wildman–Crippen MR) is 391 cm³/mol. The number of aliphatic hydroxyl groups is 1. The molecule has 0 aromatic heterocycles. The molecule has 0 fully saturated rings. The maximum atomic E-state index is 13.1. The lowest BCUT2D eigenvalue weighted by Gasteiger charge is -2.21. The van der Waals surface area contributed by atoms with E-state index in [1.54, 1.807) is 0 Å². The molecule has 0 saturated heterocycles. The standard InChI is InChI=1S/C77H150O17P2/c1-8-11-12-13-14-15-16-17-21-24-31-38-46-53-60-77(82)94-73(65-88-75(80)59-52-45-40-33-34-41-48-55-68(4)5)67-92-96(85,86)90-63-71(78)62-89-95(83,84)91-66-72(64-87-74(79)58-51-44-37-30-27-26-29-36-43-50-57-70(7)10-3)93-76(81)61-54-47-39-32-25-22-19-18-20-23-28-35-42-49-56-69(6)9-2/h68-73,78H,8-67H2,1-7H3,(H,83,84)(H,85,86)/t69?,70?,71-,72-,73-/m1/s1. The number of esters is 4. The number of ether oxygens (including phenoxy) is 4. The van der Waals surface area contributed by atoms with Crippen LogP contribution in [0.3, 0.4) is 0 Å². The van der Waals surface area contributed by atoms with Gasteiger partial charge in [0.1, 0.15) is 19.3 Å². The summed E-state index contributed by atoms with van der Waals surface area (Å²) in [4.78, 5) is 72.9. The van der Waals surface area contributed by atoms with E-state index >= 15 is 0 Å². The van der Waals surface area contributed by atoms with Crippen LogP contribution in [0, 0.1) is 17.8 Å². The molecule has 570 valence electrons. The van der Waals surface area contributed by atoms with Gasteiger partial charge in [0, 0.05) is 25.7 Å². The Morgan fingerprint density at radius 1 is 0.302 bits per heavy atom. The molecule has 0 saturated carbocycles. The Kier molecular flexibility index (Phi) is 66.2. The summed E-state index contributed by atoms with van der Waals surface area (Å²) >= 11 is 0. The molecule has 0 heterocycles. The molecular formula is C77H150O17P2. The number of aliphatic hydroxyl groups excluding tert-OH is 1. The molecule has 96 heavy (non-hydrogen) atoms.